The fourth-order valence-electron chi connectivity index (χ4n) is 17.8. The van der Waals surface area contributed by atoms with Crippen molar-refractivity contribution in [1.29, 1.82) is 0 Å². The topological polar surface area (TPSA) is 457 Å². The Bertz CT molecular complexity index is 2210. The third kappa shape index (κ3) is 11.7. The van der Waals surface area contributed by atoms with Crippen molar-refractivity contribution in [3.8, 4) is 0 Å². The molecule has 0 radical (unpaired) electrons. The highest BCUT2D eigenvalue weighted by Gasteiger charge is 2.68. The number of fused-ring (bicyclic) bond motifs is 8. The molecule has 0 spiro atoms. The van der Waals surface area contributed by atoms with E-state index in [4.69, 9.17) is 52.1 Å². The first-order chi connectivity index (χ1) is 40.4. The summed E-state index contributed by atoms with van der Waals surface area (Å²) in [6, 6.07) is -0.338. The zero-order chi connectivity index (χ0) is 60.9. The first-order valence-corrected chi connectivity index (χ1v) is 30.6. The molecular formula is C56H93NO28. The smallest absolute Gasteiger partial charge is 0.187 e. The Labute approximate surface area is 491 Å². The predicted molar refractivity (Wildman–Crippen MR) is 280 cm³/mol. The van der Waals surface area contributed by atoms with Gasteiger partial charge in [0.15, 0.2) is 37.2 Å². The van der Waals surface area contributed by atoms with Gasteiger partial charge in [-0.2, -0.15) is 0 Å². The minimum atomic E-state index is -2.03. The highest BCUT2D eigenvalue weighted by Crippen LogP contribution is 2.70. The monoisotopic (exact) mass is 1230 g/mol. The fraction of sp³-hybridized carbons (Fsp3) is 1.00. The number of ether oxygens (including phenoxy) is 11. The Morgan fingerprint density at radius 3 is 1.76 bits per heavy atom. The van der Waals surface area contributed by atoms with Crippen LogP contribution in [0, 0.1) is 52.3 Å². The maximum absolute atomic E-state index is 12.4. The molecule has 11 rings (SSSR count). The van der Waals surface area contributed by atoms with Gasteiger partial charge in [0.2, 0.25) is 0 Å². The SMILES string of the molecule is CC1C2NCC(COC3OC(CO)C(O)C(O)C3O)CC2(O)OC2CC3C4CCC5CC(OC6OC(CO)C(OC7OC(CO)C(O)C(OC8OCC(O)C(O)C8O)C7OC7OC(CO)C(O)C(O)C7O)C(O)C6O)CCC5(C)C4CCC3(C)C21. The van der Waals surface area contributed by atoms with Gasteiger partial charge in [0.05, 0.1) is 57.9 Å². The average Bonchev–Trinajstić information content (AvgIpc) is 3.88. The first kappa shape index (κ1) is 65.3. The van der Waals surface area contributed by atoms with E-state index in [-0.39, 0.29) is 59.7 Å². The number of hydrogen-bond donors (Lipinski definition) is 18. The van der Waals surface area contributed by atoms with E-state index < -0.39 is 192 Å². The fourth-order valence-corrected chi connectivity index (χ4v) is 17.8. The lowest BCUT2D eigenvalue weighted by Crippen LogP contribution is -2.69. The standard InChI is InChI=1S/C56H93NO28/c1-20-33-28(85-56(74)12-21(13-57-48(20)56)18-75-49-42(71)38(67)35(64)29(14-58)78-49)11-26-24-5-4-22-10-23(6-8-54(22,2)25(24)7-9-55(26,33)3)77-51-44(73)40(69)45(32(17-61)81-51)82-53-47(84-52-43(72)39(68)36(65)30(15-59)79-52)46(37(66)31(16-60)80-53)83-50-41(70)34(63)27(62)19-76-50/h20-53,57-74H,4-19H2,1-3H3. The largest absolute Gasteiger partial charge is 0.394 e. The molecule has 4 aliphatic carbocycles. The van der Waals surface area contributed by atoms with Crippen molar-refractivity contribution in [2.75, 3.05) is 46.2 Å². The molecule has 7 saturated heterocycles. The molecule has 37 unspecified atom stereocenters. The van der Waals surface area contributed by atoms with Crippen molar-refractivity contribution in [3.05, 3.63) is 0 Å². The molecule has 18 N–H and O–H groups in total. The molecule has 0 amide bonds. The van der Waals surface area contributed by atoms with Crippen LogP contribution in [-0.2, 0) is 52.1 Å². The second-order valence-electron chi connectivity index (χ2n) is 27.0. The summed E-state index contributed by atoms with van der Waals surface area (Å²) in [7, 11) is 0. The average molecular weight is 1230 g/mol. The third-order valence-corrected chi connectivity index (χ3v) is 22.3. The molecule has 0 aromatic heterocycles. The summed E-state index contributed by atoms with van der Waals surface area (Å²) in [5.74, 6) is -0.0727. The molecule has 37 atom stereocenters. The van der Waals surface area contributed by atoms with E-state index in [0.29, 0.717) is 37.1 Å². The van der Waals surface area contributed by atoms with Crippen LogP contribution in [0.1, 0.15) is 78.6 Å². The second kappa shape index (κ2) is 25.7. The summed E-state index contributed by atoms with van der Waals surface area (Å²) in [4.78, 5) is 0. The maximum Gasteiger partial charge on any atom is 0.187 e. The molecular weight excluding hydrogens is 1130 g/mol. The van der Waals surface area contributed by atoms with Crippen molar-refractivity contribution in [2.45, 2.75) is 250 Å². The van der Waals surface area contributed by atoms with Gasteiger partial charge in [0, 0.05) is 18.9 Å². The minimum absolute atomic E-state index is 0.0389. The van der Waals surface area contributed by atoms with E-state index in [0.717, 1.165) is 38.5 Å². The van der Waals surface area contributed by atoms with Crippen LogP contribution in [-0.4, -0.2) is 304 Å². The Morgan fingerprint density at radius 2 is 1.08 bits per heavy atom. The first-order valence-electron chi connectivity index (χ1n) is 30.6. The third-order valence-electron chi connectivity index (χ3n) is 22.3. The quantitative estimate of drug-likeness (QED) is 0.0678. The van der Waals surface area contributed by atoms with Crippen molar-refractivity contribution >= 4 is 0 Å². The summed E-state index contributed by atoms with van der Waals surface area (Å²) in [5.41, 5.74) is -0.0920. The molecule has 11 aliphatic rings. The van der Waals surface area contributed by atoms with Gasteiger partial charge < -0.3 is 144 Å². The number of piperidine rings is 1. The highest BCUT2D eigenvalue weighted by molar-refractivity contribution is 5.16. The molecule has 4 saturated carbocycles. The van der Waals surface area contributed by atoms with Crippen molar-refractivity contribution < 1.29 is 139 Å². The Kier molecular flexibility index (Phi) is 19.8. The Hall–Kier alpha value is -1.16. The van der Waals surface area contributed by atoms with Gasteiger partial charge in [-0.15, -0.1) is 0 Å². The number of aliphatic hydroxyl groups excluding tert-OH is 16. The maximum atomic E-state index is 12.4. The predicted octanol–water partition coefficient (Wildman–Crippen LogP) is -6.93. The number of hydrogen-bond acceptors (Lipinski definition) is 29. The molecule has 0 bridgehead atoms. The molecule has 490 valence electrons. The van der Waals surface area contributed by atoms with E-state index in [1.54, 1.807) is 0 Å². The molecule has 29 heteroatoms. The molecule has 29 nitrogen and oxygen atoms in total. The van der Waals surface area contributed by atoms with Crippen molar-refractivity contribution in [3.63, 3.8) is 0 Å². The van der Waals surface area contributed by atoms with Gasteiger partial charge in [0.25, 0.3) is 0 Å². The molecule has 7 heterocycles. The zero-order valence-corrected chi connectivity index (χ0v) is 48.0. The lowest BCUT2D eigenvalue weighted by molar-refractivity contribution is -0.404. The van der Waals surface area contributed by atoms with Gasteiger partial charge in [0.1, 0.15) is 116 Å². The van der Waals surface area contributed by atoms with Crippen LogP contribution in [0.3, 0.4) is 0 Å². The van der Waals surface area contributed by atoms with Gasteiger partial charge in [-0.1, -0.05) is 20.8 Å². The summed E-state index contributed by atoms with van der Waals surface area (Å²) in [6.45, 7) is 3.90. The van der Waals surface area contributed by atoms with Crippen LogP contribution < -0.4 is 5.32 Å². The van der Waals surface area contributed by atoms with E-state index in [2.05, 4.69) is 26.1 Å². The van der Waals surface area contributed by atoms with E-state index in [1.165, 1.54) is 0 Å². The number of rotatable bonds is 15. The normalized spacial score (nSPS) is 57.2. The number of aliphatic hydroxyl groups is 17. The zero-order valence-electron chi connectivity index (χ0n) is 48.0. The second-order valence-corrected chi connectivity index (χ2v) is 27.0. The minimum Gasteiger partial charge on any atom is -0.394 e. The lowest BCUT2D eigenvalue weighted by atomic mass is 9.44. The van der Waals surface area contributed by atoms with Crippen LogP contribution in [0.25, 0.3) is 0 Å². The summed E-state index contributed by atoms with van der Waals surface area (Å²) in [6.07, 6.45) is -34.2. The van der Waals surface area contributed by atoms with Crippen LogP contribution in [0.4, 0.5) is 0 Å². The molecule has 85 heavy (non-hydrogen) atoms. The summed E-state index contributed by atoms with van der Waals surface area (Å²) >= 11 is 0. The van der Waals surface area contributed by atoms with Gasteiger partial charge in [-0.05, 0) is 97.7 Å². The van der Waals surface area contributed by atoms with Crippen LogP contribution in [0.5, 0.6) is 0 Å². The van der Waals surface area contributed by atoms with E-state index >= 15 is 0 Å². The molecule has 11 fully saturated rings. The van der Waals surface area contributed by atoms with Crippen LogP contribution in [0.2, 0.25) is 0 Å². The molecule has 0 aromatic carbocycles. The van der Waals surface area contributed by atoms with Gasteiger partial charge in [-0.25, -0.2) is 0 Å². The molecule has 0 aromatic rings. The van der Waals surface area contributed by atoms with E-state index in [9.17, 15) is 86.8 Å². The van der Waals surface area contributed by atoms with Crippen molar-refractivity contribution in [1.82, 2.24) is 5.32 Å². The van der Waals surface area contributed by atoms with Gasteiger partial charge >= 0.3 is 0 Å². The number of nitrogens with one attached hydrogen (secondary N) is 1. The van der Waals surface area contributed by atoms with Crippen molar-refractivity contribution in [2.24, 2.45) is 52.3 Å². The van der Waals surface area contributed by atoms with E-state index in [1.807, 2.05) is 0 Å². The Morgan fingerprint density at radius 1 is 0.518 bits per heavy atom. The summed E-state index contributed by atoms with van der Waals surface area (Å²) < 4.78 is 66.3. The highest BCUT2D eigenvalue weighted by atomic mass is 16.8. The Balaban J connectivity index is 0.731. The van der Waals surface area contributed by atoms with Crippen LogP contribution >= 0.6 is 0 Å². The summed E-state index contributed by atoms with van der Waals surface area (Å²) in [5, 5.41) is 187. The van der Waals surface area contributed by atoms with Gasteiger partial charge in [-0.3, -0.25) is 0 Å². The lowest BCUT2D eigenvalue weighted by Gasteiger charge is -2.62. The molecule has 7 aliphatic heterocycles. The van der Waals surface area contributed by atoms with Crippen LogP contribution in [0.15, 0.2) is 0 Å².